The molecule has 2 unspecified atom stereocenters. The molecule has 1 saturated heterocycles. The number of nitrogens with zero attached hydrogens (tertiary/aromatic N) is 1. The smallest absolute Gasteiger partial charge is 0.310 e. The van der Waals surface area contributed by atoms with Crippen LogP contribution in [0, 0.1) is 17.2 Å². The molecule has 1 aliphatic rings. The summed E-state index contributed by atoms with van der Waals surface area (Å²) in [4.78, 5) is 10.8. The lowest BCUT2D eigenvalue weighted by molar-refractivity contribution is -0.145. The van der Waals surface area contributed by atoms with Gasteiger partial charge in [-0.1, -0.05) is 0 Å². The zero-order valence-electron chi connectivity index (χ0n) is 5.99. The zero-order valence-corrected chi connectivity index (χ0v) is 5.99. The molecule has 2 atom stereocenters. The molecule has 4 heteroatoms. The first-order valence-corrected chi connectivity index (χ1v) is 3.46. The molecule has 0 aromatic carbocycles. The predicted molar refractivity (Wildman–Crippen MR) is 35.3 cm³/mol. The summed E-state index contributed by atoms with van der Waals surface area (Å²) in [5.41, 5.74) is 0. The Bertz CT molecular complexity index is 196. The molecule has 60 valence electrons. The molecule has 1 fully saturated rings. The Hall–Kier alpha value is -1.08. The Morgan fingerprint density at radius 3 is 3.00 bits per heavy atom. The highest BCUT2D eigenvalue weighted by molar-refractivity contribution is 5.74. The summed E-state index contributed by atoms with van der Waals surface area (Å²) < 4.78 is 4.74. The lowest BCUT2D eigenvalue weighted by atomic mass is 10.0. The van der Waals surface area contributed by atoms with Crippen LogP contribution in [-0.2, 0) is 9.53 Å². The number of rotatable bonds is 2. The minimum Gasteiger partial charge on any atom is -0.460 e. The van der Waals surface area contributed by atoms with Crippen LogP contribution >= 0.6 is 0 Å². The van der Waals surface area contributed by atoms with Crippen LogP contribution in [0.25, 0.3) is 0 Å². The second kappa shape index (κ2) is 3.35. The molecule has 1 N–H and O–H groups in total. The lowest BCUT2D eigenvalue weighted by Gasteiger charge is -2.01. The fraction of sp³-hybridized carbons (Fsp3) is 0.714. The molecular formula is C7H9NO3. The summed E-state index contributed by atoms with van der Waals surface area (Å²) in [5.74, 6) is -0.678. The van der Waals surface area contributed by atoms with Crippen LogP contribution in [0.4, 0.5) is 0 Å². The molecule has 0 aromatic heterocycles. The molecule has 1 rings (SSSR count). The van der Waals surface area contributed by atoms with Crippen molar-refractivity contribution in [1.82, 2.24) is 0 Å². The lowest BCUT2D eigenvalue weighted by Crippen LogP contribution is -2.10. The number of carbonyl (C=O) groups is 1. The summed E-state index contributed by atoms with van der Waals surface area (Å²) in [7, 11) is 0. The minimum absolute atomic E-state index is 0.145. The maximum atomic E-state index is 10.8. The van der Waals surface area contributed by atoms with Crippen molar-refractivity contribution in [2.24, 2.45) is 5.92 Å². The normalized spacial score (nSPS) is 29.6. The van der Waals surface area contributed by atoms with E-state index in [2.05, 4.69) is 0 Å². The molecule has 0 aromatic rings. The van der Waals surface area contributed by atoms with Crippen LogP contribution < -0.4 is 0 Å². The Labute approximate surface area is 64.4 Å². The van der Waals surface area contributed by atoms with Gasteiger partial charge < -0.3 is 9.84 Å². The number of aliphatic hydroxyl groups excluding tert-OH is 1. The van der Waals surface area contributed by atoms with E-state index in [-0.39, 0.29) is 31.0 Å². The molecule has 0 bridgehead atoms. The molecular weight excluding hydrogens is 146 g/mol. The van der Waals surface area contributed by atoms with Crippen LogP contribution in [-0.4, -0.2) is 23.8 Å². The van der Waals surface area contributed by atoms with E-state index in [0.717, 1.165) is 0 Å². The van der Waals surface area contributed by atoms with Crippen LogP contribution in [0.2, 0.25) is 0 Å². The van der Waals surface area contributed by atoms with Gasteiger partial charge in [0, 0.05) is 12.8 Å². The third-order valence-electron chi connectivity index (χ3n) is 1.70. The van der Waals surface area contributed by atoms with E-state index >= 15 is 0 Å². The van der Waals surface area contributed by atoms with Crippen molar-refractivity contribution in [2.75, 3.05) is 6.61 Å². The van der Waals surface area contributed by atoms with Crippen LogP contribution in [0.3, 0.4) is 0 Å². The van der Waals surface area contributed by atoms with Gasteiger partial charge in [0.1, 0.15) is 6.10 Å². The van der Waals surface area contributed by atoms with Gasteiger partial charge in [0.25, 0.3) is 0 Å². The van der Waals surface area contributed by atoms with Crippen molar-refractivity contribution >= 4 is 5.97 Å². The van der Waals surface area contributed by atoms with Crippen LogP contribution in [0.15, 0.2) is 0 Å². The minimum atomic E-state index is -0.388. The van der Waals surface area contributed by atoms with E-state index in [1.165, 1.54) is 0 Å². The van der Waals surface area contributed by atoms with Gasteiger partial charge in [-0.25, -0.2) is 0 Å². The molecule has 1 aliphatic heterocycles. The fourth-order valence-electron chi connectivity index (χ4n) is 1.11. The van der Waals surface area contributed by atoms with Gasteiger partial charge in [0.05, 0.1) is 18.6 Å². The van der Waals surface area contributed by atoms with Crippen molar-refractivity contribution in [3.63, 3.8) is 0 Å². The first-order valence-electron chi connectivity index (χ1n) is 3.46. The van der Waals surface area contributed by atoms with Gasteiger partial charge in [-0.2, -0.15) is 5.26 Å². The fourth-order valence-corrected chi connectivity index (χ4v) is 1.11. The third kappa shape index (κ3) is 1.69. The molecule has 11 heavy (non-hydrogen) atoms. The van der Waals surface area contributed by atoms with Gasteiger partial charge in [-0.15, -0.1) is 0 Å². The Morgan fingerprint density at radius 2 is 2.55 bits per heavy atom. The summed E-state index contributed by atoms with van der Waals surface area (Å²) in [6, 6.07) is 1.90. The topological polar surface area (TPSA) is 70.3 Å². The first kappa shape index (κ1) is 8.02. The number of aliphatic hydroxyl groups is 1. The molecule has 1 heterocycles. The summed E-state index contributed by atoms with van der Waals surface area (Å²) in [6.07, 6.45) is 0.277. The van der Waals surface area contributed by atoms with Gasteiger partial charge >= 0.3 is 5.97 Å². The van der Waals surface area contributed by atoms with E-state index in [1.54, 1.807) is 0 Å². The van der Waals surface area contributed by atoms with E-state index in [0.29, 0.717) is 6.42 Å². The van der Waals surface area contributed by atoms with Gasteiger partial charge in [0.2, 0.25) is 0 Å². The van der Waals surface area contributed by atoms with Gasteiger partial charge in [0.15, 0.2) is 0 Å². The van der Waals surface area contributed by atoms with Crippen molar-refractivity contribution in [3.8, 4) is 6.07 Å². The summed E-state index contributed by atoms with van der Waals surface area (Å²) >= 11 is 0. The van der Waals surface area contributed by atoms with Crippen molar-refractivity contribution in [3.05, 3.63) is 0 Å². The number of ether oxygens (including phenoxy) is 1. The second-order valence-electron chi connectivity index (χ2n) is 2.54. The van der Waals surface area contributed by atoms with Crippen molar-refractivity contribution < 1.29 is 14.6 Å². The highest BCUT2D eigenvalue weighted by Crippen LogP contribution is 2.22. The van der Waals surface area contributed by atoms with Crippen molar-refractivity contribution in [2.45, 2.75) is 18.9 Å². The quantitative estimate of drug-likeness (QED) is 0.562. The average Bonchev–Trinajstić information content (AvgIpc) is 2.33. The van der Waals surface area contributed by atoms with Crippen molar-refractivity contribution in [1.29, 1.82) is 5.26 Å². The standard InChI is InChI=1S/C7H9NO3/c8-2-1-5-3-6(4-9)11-7(5)10/h5-6,9H,1,3-4H2. The van der Waals surface area contributed by atoms with Crippen LogP contribution in [0.5, 0.6) is 0 Å². The summed E-state index contributed by atoms with van der Waals surface area (Å²) in [6.45, 7) is -0.145. The highest BCUT2D eigenvalue weighted by atomic mass is 16.6. The number of nitriles is 1. The van der Waals surface area contributed by atoms with E-state index in [4.69, 9.17) is 15.1 Å². The van der Waals surface area contributed by atoms with E-state index < -0.39 is 0 Å². The molecule has 0 radical (unpaired) electrons. The maximum absolute atomic E-state index is 10.8. The Balaban J connectivity index is 2.46. The second-order valence-corrected chi connectivity index (χ2v) is 2.54. The Morgan fingerprint density at radius 1 is 1.82 bits per heavy atom. The monoisotopic (exact) mass is 155 g/mol. The number of cyclic esters (lactones) is 1. The van der Waals surface area contributed by atoms with Gasteiger partial charge in [-0.3, -0.25) is 4.79 Å². The number of carbonyl (C=O) groups excluding carboxylic acids is 1. The largest absolute Gasteiger partial charge is 0.460 e. The van der Waals surface area contributed by atoms with E-state index in [1.807, 2.05) is 6.07 Å². The SMILES string of the molecule is N#CCC1CC(CO)OC1=O. The molecule has 4 nitrogen and oxygen atoms in total. The highest BCUT2D eigenvalue weighted by Gasteiger charge is 2.33. The van der Waals surface area contributed by atoms with Gasteiger partial charge in [-0.05, 0) is 0 Å². The van der Waals surface area contributed by atoms with Crippen LogP contribution in [0.1, 0.15) is 12.8 Å². The molecule has 0 aliphatic carbocycles. The average molecular weight is 155 g/mol. The number of hydrogen-bond donors (Lipinski definition) is 1. The first-order chi connectivity index (χ1) is 5.27. The predicted octanol–water partition coefficient (Wildman–Crippen LogP) is -0.176. The van der Waals surface area contributed by atoms with E-state index in [9.17, 15) is 4.79 Å². The maximum Gasteiger partial charge on any atom is 0.310 e. The molecule has 0 saturated carbocycles. The Kier molecular flexibility index (Phi) is 2.44. The number of hydrogen-bond acceptors (Lipinski definition) is 4. The third-order valence-corrected chi connectivity index (χ3v) is 1.70. The molecule has 0 amide bonds. The zero-order chi connectivity index (χ0) is 8.27. The summed E-state index contributed by atoms with van der Waals surface area (Å²) in [5, 5.41) is 16.9. The number of esters is 1. The molecule has 0 spiro atoms.